The summed E-state index contributed by atoms with van der Waals surface area (Å²) >= 11 is 0. The fourth-order valence-electron chi connectivity index (χ4n) is 3.79. The van der Waals surface area contributed by atoms with E-state index >= 15 is 0 Å². The first-order valence-electron chi connectivity index (χ1n) is 8.77. The molecule has 0 radical (unpaired) electrons. The highest BCUT2D eigenvalue weighted by atomic mass is 16.6. The molecular weight excluding hydrogens is 296 g/mol. The summed E-state index contributed by atoms with van der Waals surface area (Å²) in [6.07, 6.45) is 5.52. The third kappa shape index (κ3) is 2.50. The van der Waals surface area contributed by atoms with E-state index in [0.717, 1.165) is 17.9 Å². The highest BCUT2D eigenvalue weighted by Gasteiger charge is 2.32. The average molecular weight is 320 g/mol. The minimum absolute atomic E-state index is 0.523. The average Bonchev–Trinajstić information content (AvgIpc) is 2.95. The van der Waals surface area contributed by atoms with Crippen molar-refractivity contribution in [3.8, 4) is 0 Å². The lowest BCUT2D eigenvalue weighted by Gasteiger charge is -2.29. The molecule has 0 saturated carbocycles. The van der Waals surface area contributed by atoms with E-state index in [1.165, 1.54) is 39.0 Å². The van der Waals surface area contributed by atoms with Crippen LogP contribution in [0.25, 0.3) is 5.57 Å². The summed E-state index contributed by atoms with van der Waals surface area (Å²) in [5.74, 6) is 2.46. The van der Waals surface area contributed by atoms with Gasteiger partial charge in [0.2, 0.25) is 0 Å². The minimum Gasteiger partial charge on any atom is -0.490 e. The van der Waals surface area contributed by atoms with Gasteiger partial charge in [0.1, 0.15) is 19.0 Å². The first-order chi connectivity index (χ1) is 11.5. The van der Waals surface area contributed by atoms with Gasteiger partial charge in [-0.25, -0.2) is 0 Å². The van der Waals surface area contributed by atoms with E-state index in [0.29, 0.717) is 19.1 Å². The van der Waals surface area contributed by atoms with Crippen LogP contribution in [0.2, 0.25) is 0 Å². The van der Waals surface area contributed by atoms with E-state index in [1.54, 1.807) is 0 Å². The third-order valence-corrected chi connectivity index (χ3v) is 4.88. The van der Waals surface area contributed by atoms with Gasteiger partial charge in [-0.2, -0.15) is 0 Å². The van der Waals surface area contributed by atoms with Gasteiger partial charge in [-0.1, -0.05) is 55.3 Å². The number of ether oxygens (including phenoxy) is 2. The van der Waals surface area contributed by atoms with Crippen molar-refractivity contribution in [2.45, 2.75) is 34.1 Å². The van der Waals surface area contributed by atoms with Gasteiger partial charge in [0, 0.05) is 12.0 Å². The van der Waals surface area contributed by atoms with Crippen LogP contribution in [0.15, 0.2) is 58.6 Å². The first-order valence-corrected chi connectivity index (χ1v) is 8.77. The number of hydrogen-bond donors (Lipinski definition) is 0. The Morgan fingerprint density at radius 2 is 1.62 bits per heavy atom. The zero-order valence-corrected chi connectivity index (χ0v) is 14.9. The molecule has 0 spiro atoms. The molecule has 1 aromatic carbocycles. The number of rotatable bonds is 2. The molecule has 4 rings (SSSR count). The van der Waals surface area contributed by atoms with E-state index in [-0.39, 0.29) is 0 Å². The molecular formula is C22H24O2. The van der Waals surface area contributed by atoms with Gasteiger partial charge in [-0.3, -0.25) is 0 Å². The van der Waals surface area contributed by atoms with Gasteiger partial charge in [0.05, 0.1) is 0 Å². The molecule has 2 heteroatoms. The Morgan fingerprint density at radius 3 is 2.33 bits per heavy atom. The predicted octanol–water partition coefficient (Wildman–Crippen LogP) is 5.24. The van der Waals surface area contributed by atoms with Gasteiger partial charge in [-0.15, -0.1) is 0 Å². The van der Waals surface area contributed by atoms with Crippen molar-refractivity contribution in [1.82, 2.24) is 0 Å². The topological polar surface area (TPSA) is 18.5 Å². The number of aryl methyl sites for hydroxylation is 2. The van der Waals surface area contributed by atoms with E-state index in [9.17, 15) is 0 Å². The third-order valence-electron chi connectivity index (χ3n) is 4.88. The highest BCUT2D eigenvalue weighted by Crippen LogP contribution is 2.46. The van der Waals surface area contributed by atoms with Crippen molar-refractivity contribution in [3.05, 3.63) is 75.3 Å². The highest BCUT2D eigenvalue weighted by molar-refractivity contribution is 5.88. The number of allylic oxidation sites excluding steroid dienone is 6. The lowest BCUT2D eigenvalue weighted by Crippen LogP contribution is -2.19. The summed E-state index contributed by atoms with van der Waals surface area (Å²) in [7, 11) is 0. The number of hydrogen-bond acceptors (Lipinski definition) is 2. The van der Waals surface area contributed by atoms with Crippen LogP contribution in [0.5, 0.6) is 0 Å². The van der Waals surface area contributed by atoms with Gasteiger partial charge < -0.3 is 9.47 Å². The van der Waals surface area contributed by atoms with Gasteiger partial charge in [0.15, 0.2) is 5.76 Å². The van der Waals surface area contributed by atoms with Crippen molar-refractivity contribution in [1.29, 1.82) is 0 Å². The van der Waals surface area contributed by atoms with E-state index in [1.807, 2.05) is 0 Å². The molecule has 0 amide bonds. The summed E-state index contributed by atoms with van der Waals surface area (Å²) < 4.78 is 12.0. The molecule has 1 heterocycles. The molecule has 0 N–H and O–H groups in total. The molecule has 0 unspecified atom stereocenters. The van der Waals surface area contributed by atoms with Crippen molar-refractivity contribution in [2.75, 3.05) is 13.2 Å². The van der Waals surface area contributed by atoms with Crippen molar-refractivity contribution < 1.29 is 9.47 Å². The standard InChI is InChI=1S/C22H24O2/c1-13(2)16-10-17-12-20-22(24-6-5-23-20)21(19(17)11-16)18-8-14(3)7-15(4)9-18/h7-11,13H,5-6,12H2,1-4H3. The second-order valence-corrected chi connectivity index (χ2v) is 7.26. The monoisotopic (exact) mass is 320 g/mol. The SMILES string of the molecule is Cc1cc(C)cc(C2=C3C=C(C(C)C)C=C3CC3=C2OCCO3)c1. The quantitative estimate of drug-likeness (QED) is 0.742. The molecule has 24 heavy (non-hydrogen) atoms. The Kier molecular flexibility index (Phi) is 3.64. The summed E-state index contributed by atoms with van der Waals surface area (Å²) in [6, 6.07) is 6.72. The van der Waals surface area contributed by atoms with Gasteiger partial charge in [0.25, 0.3) is 0 Å². The van der Waals surface area contributed by atoms with Crippen LogP contribution >= 0.6 is 0 Å². The Hall–Kier alpha value is -2.22. The van der Waals surface area contributed by atoms with Crippen molar-refractivity contribution in [3.63, 3.8) is 0 Å². The summed E-state index contributed by atoms with van der Waals surface area (Å²) in [5, 5.41) is 0. The van der Waals surface area contributed by atoms with Crippen LogP contribution in [0.4, 0.5) is 0 Å². The summed E-state index contributed by atoms with van der Waals surface area (Å²) in [6.45, 7) is 10.1. The molecule has 0 aromatic heterocycles. The van der Waals surface area contributed by atoms with Crippen molar-refractivity contribution in [2.24, 2.45) is 5.92 Å². The van der Waals surface area contributed by atoms with Crippen LogP contribution in [0.3, 0.4) is 0 Å². The van der Waals surface area contributed by atoms with E-state index in [4.69, 9.17) is 9.47 Å². The normalized spacial score (nSPS) is 19.5. The van der Waals surface area contributed by atoms with Gasteiger partial charge in [-0.05, 0) is 42.0 Å². The molecule has 0 saturated heterocycles. The molecule has 124 valence electrons. The molecule has 0 fully saturated rings. The Bertz CT molecular complexity index is 811. The zero-order valence-electron chi connectivity index (χ0n) is 14.9. The number of benzene rings is 1. The fraction of sp³-hybridized carbons (Fsp3) is 0.364. The zero-order chi connectivity index (χ0) is 16.8. The first kappa shape index (κ1) is 15.3. The van der Waals surface area contributed by atoms with Gasteiger partial charge >= 0.3 is 0 Å². The lowest BCUT2D eigenvalue weighted by molar-refractivity contribution is 0.0676. The van der Waals surface area contributed by atoms with Crippen LogP contribution < -0.4 is 0 Å². The minimum atomic E-state index is 0.523. The maximum atomic E-state index is 6.07. The largest absolute Gasteiger partial charge is 0.490 e. The smallest absolute Gasteiger partial charge is 0.165 e. The van der Waals surface area contributed by atoms with E-state index in [2.05, 4.69) is 58.0 Å². The molecule has 3 aliphatic rings. The Labute approximate surface area is 144 Å². The summed E-state index contributed by atoms with van der Waals surface area (Å²) in [5.41, 5.74) is 9.04. The van der Waals surface area contributed by atoms with Crippen LogP contribution in [-0.4, -0.2) is 13.2 Å². The van der Waals surface area contributed by atoms with Crippen molar-refractivity contribution >= 4 is 5.57 Å². The molecule has 1 aromatic rings. The van der Waals surface area contributed by atoms with E-state index < -0.39 is 0 Å². The fourth-order valence-corrected chi connectivity index (χ4v) is 3.79. The van der Waals surface area contributed by atoms with Crippen LogP contribution in [-0.2, 0) is 9.47 Å². The summed E-state index contributed by atoms with van der Waals surface area (Å²) in [4.78, 5) is 0. The second-order valence-electron chi connectivity index (χ2n) is 7.26. The van der Waals surface area contributed by atoms with Crippen LogP contribution in [0.1, 0.15) is 37.0 Å². The molecule has 1 aliphatic heterocycles. The predicted molar refractivity (Wildman–Crippen MR) is 97.4 cm³/mol. The molecule has 2 aliphatic carbocycles. The molecule has 2 nitrogen and oxygen atoms in total. The lowest BCUT2D eigenvalue weighted by atomic mass is 9.86. The Morgan fingerprint density at radius 1 is 0.917 bits per heavy atom. The number of fused-ring (bicyclic) bond motifs is 1. The maximum Gasteiger partial charge on any atom is 0.165 e. The Balaban J connectivity index is 1.95. The molecule has 0 atom stereocenters. The molecule has 0 bridgehead atoms. The van der Waals surface area contributed by atoms with Crippen LogP contribution in [0, 0.1) is 19.8 Å². The second kappa shape index (κ2) is 5.70. The maximum absolute atomic E-state index is 6.07.